The van der Waals surface area contributed by atoms with E-state index in [9.17, 15) is 5.11 Å². The van der Waals surface area contributed by atoms with Crippen molar-refractivity contribution in [2.45, 2.75) is 18.6 Å². The Balaban J connectivity index is 1.61. The predicted molar refractivity (Wildman–Crippen MR) is 129 cm³/mol. The molecule has 2 aliphatic rings. The van der Waals surface area contributed by atoms with Gasteiger partial charge in [0.2, 0.25) is 6.79 Å². The van der Waals surface area contributed by atoms with Crippen molar-refractivity contribution in [2.24, 2.45) is 4.99 Å². The molecule has 0 fully saturated rings. The largest absolute Gasteiger partial charge is 0.508 e. The highest BCUT2D eigenvalue weighted by molar-refractivity contribution is 9.10. The van der Waals surface area contributed by atoms with E-state index in [1.54, 1.807) is 13.2 Å². The third-order valence-corrected chi connectivity index (χ3v) is 6.59. The van der Waals surface area contributed by atoms with Gasteiger partial charge in [0.15, 0.2) is 11.5 Å². The van der Waals surface area contributed by atoms with E-state index in [-0.39, 0.29) is 24.8 Å². The summed E-state index contributed by atoms with van der Waals surface area (Å²) in [5.74, 6) is 2.41. The van der Waals surface area contributed by atoms with Crippen LogP contribution in [0.1, 0.15) is 35.3 Å². The first-order valence-electron chi connectivity index (χ1n) is 10.1. The molecule has 2 heterocycles. The number of phenolic OH excluding ortho intramolecular Hbond substituents is 1. The number of halogens is 2. The molecule has 2 aliphatic heterocycles. The van der Waals surface area contributed by atoms with Gasteiger partial charge in [-0.15, -0.1) is 0 Å². The van der Waals surface area contributed by atoms with Crippen LogP contribution in [0.25, 0.3) is 0 Å². The van der Waals surface area contributed by atoms with Gasteiger partial charge in [-0.05, 0) is 60.2 Å². The molecule has 5 rings (SSSR count). The van der Waals surface area contributed by atoms with E-state index in [0.717, 1.165) is 42.8 Å². The number of ether oxygens (including phenoxy) is 3. The average Bonchev–Trinajstić information content (AvgIpc) is 3.28. The molecule has 0 saturated carbocycles. The third-order valence-electron chi connectivity index (χ3n) is 5.60. The molecule has 3 aromatic rings. The molecule has 3 aromatic carbocycles. The smallest absolute Gasteiger partial charge is 0.231 e. The van der Waals surface area contributed by atoms with E-state index in [1.807, 2.05) is 48.5 Å². The number of benzene rings is 3. The Morgan fingerprint density at radius 1 is 0.969 bits per heavy atom. The van der Waals surface area contributed by atoms with Gasteiger partial charge in [-0.25, -0.2) is 0 Å². The van der Waals surface area contributed by atoms with Crippen molar-refractivity contribution in [3.05, 3.63) is 80.2 Å². The standard InChI is InChI=1S/C24H20Br2N2O4/c1-30-21-7-4-15(26)10-17(21)24-27-18(13-2-6-22-23(8-13)32-12-31-22)11-19(28-24)16-9-14(25)3-5-20(16)29/h2-10,19,24,28-29H,11-12H2,1H3/t19-,24-/m0/s1. The van der Waals surface area contributed by atoms with Crippen molar-refractivity contribution >= 4 is 37.6 Å². The quantitative estimate of drug-likeness (QED) is 0.418. The van der Waals surface area contributed by atoms with Gasteiger partial charge in [-0.3, -0.25) is 10.3 Å². The summed E-state index contributed by atoms with van der Waals surface area (Å²) in [7, 11) is 1.65. The first-order chi connectivity index (χ1) is 15.5. The number of nitrogens with one attached hydrogen (secondary N) is 1. The van der Waals surface area contributed by atoms with Crippen LogP contribution in [0, 0.1) is 0 Å². The van der Waals surface area contributed by atoms with Crippen LogP contribution >= 0.6 is 31.9 Å². The van der Waals surface area contributed by atoms with Crippen LogP contribution in [0.4, 0.5) is 0 Å². The molecule has 0 amide bonds. The summed E-state index contributed by atoms with van der Waals surface area (Å²) in [4.78, 5) is 5.04. The predicted octanol–water partition coefficient (Wildman–Crippen LogP) is 5.88. The van der Waals surface area contributed by atoms with Gasteiger partial charge in [-0.2, -0.15) is 0 Å². The topological polar surface area (TPSA) is 72.3 Å². The lowest BCUT2D eigenvalue weighted by molar-refractivity contribution is 0.174. The molecule has 0 aromatic heterocycles. The fourth-order valence-corrected chi connectivity index (χ4v) is 4.80. The Bertz CT molecular complexity index is 1210. The Kier molecular flexibility index (Phi) is 5.84. The zero-order valence-corrected chi connectivity index (χ0v) is 20.3. The van der Waals surface area contributed by atoms with Crippen molar-refractivity contribution in [2.75, 3.05) is 13.9 Å². The van der Waals surface area contributed by atoms with E-state index in [2.05, 4.69) is 37.2 Å². The Labute approximate surface area is 202 Å². The lowest BCUT2D eigenvalue weighted by Gasteiger charge is -2.31. The van der Waals surface area contributed by atoms with Crippen LogP contribution in [0.5, 0.6) is 23.0 Å². The highest BCUT2D eigenvalue weighted by Gasteiger charge is 2.30. The highest BCUT2D eigenvalue weighted by atomic mass is 79.9. The van der Waals surface area contributed by atoms with Crippen molar-refractivity contribution in [3.8, 4) is 23.0 Å². The van der Waals surface area contributed by atoms with Gasteiger partial charge in [0.1, 0.15) is 17.7 Å². The van der Waals surface area contributed by atoms with E-state index in [0.29, 0.717) is 12.2 Å². The van der Waals surface area contributed by atoms with Crippen molar-refractivity contribution in [1.29, 1.82) is 0 Å². The monoisotopic (exact) mass is 558 g/mol. The SMILES string of the molecule is COc1ccc(Br)cc1[C@H]1N=C(c2ccc3c(c2)OCO3)C[C@@H](c2cc(Br)ccc2O)N1. The molecular weight excluding hydrogens is 540 g/mol. The summed E-state index contributed by atoms with van der Waals surface area (Å²) in [6.07, 6.45) is 0.219. The zero-order valence-electron chi connectivity index (χ0n) is 17.1. The van der Waals surface area contributed by atoms with Crippen LogP contribution in [0.2, 0.25) is 0 Å². The Morgan fingerprint density at radius 2 is 1.72 bits per heavy atom. The van der Waals surface area contributed by atoms with Gasteiger partial charge >= 0.3 is 0 Å². The number of hydrogen-bond donors (Lipinski definition) is 2. The van der Waals surface area contributed by atoms with E-state index in [1.165, 1.54) is 0 Å². The lowest BCUT2D eigenvalue weighted by atomic mass is 9.93. The van der Waals surface area contributed by atoms with Gasteiger partial charge in [0.25, 0.3) is 0 Å². The van der Waals surface area contributed by atoms with Crippen molar-refractivity contribution in [1.82, 2.24) is 5.32 Å². The molecular formula is C24H20Br2N2O4. The number of phenols is 1. The summed E-state index contributed by atoms with van der Waals surface area (Å²) in [5, 5.41) is 14.2. The third kappa shape index (κ3) is 4.10. The number of hydrogen-bond acceptors (Lipinski definition) is 6. The number of nitrogens with zero attached hydrogens (tertiary/aromatic N) is 1. The van der Waals surface area contributed by atoms with Gasteiger partial charge < -0.3 is 19.3 Å². The minimum atomic E-state index is -0.375. The maximum atomic E-state index is 10.6. The summed E-state index contributed by atoms with van der Waals surface area (Å²) >= 11 is 7.08. The first kappa shape index (κ1) is 21.3. The second-order valence-corrected chi connectivity index (χ2v) is 9.39. The van der Waals surface area contributed by atoms with Crippen LogP contribution in [-0.2, 0) is 0 Å². The number of fused-ring (bicyclic) bond motifs is 1. The molecule has 0 unspecified atom stereocenters. The van der Waals surface area contributed by atoms with E-state index < -0.39 is 0 Å². The van der Waals surface area contributed by atoms with E-state index >= 15 is 0 Å². The molecule has 0 bridgehead atoms. The number of aromatic hydroxyl groups is 1. The molecule has 0 radical (unpaired) electrons. The first-order valence-corrected chi connectivity index (χ1v) is 11.6. The summed E-state index contributed by atoms with van der Waals surface area (Å²) in [5.41, 5.74) is 3.55. The van der Waals surface area contributed by atoms with Crippen LogP contribution in [0.3, 0.4) is 0 Å². The van der Waals surface area contributed by atoms with E-state index in [4.69, 9.17) is 19.2 Å². The second-order valence-electron chi connectivity index (χ2n) is 7.56. The molecule has 2 N–H and O–H groups in total. The van der Waals surface area contributed by atoms with Gasteiger partial charge in [0, 0.05) is 38.2 Å². The summed E-state index contributed by atoms with van der Waals surface area (Å²) in [6, 6.07) is 17.0. The van der Waals surface area contributed by atoms with Gasteiger partial charge in [0.05, 0.1) is 7.11 Å². The number of aliphatic imine (C=N–C) groups is 1. The number of rotatable bonds is 4. The van der Waals surface area contributed by atoms with Crippen molar-refractivity contribution < 1.29 is 19.3 Å². The average molecular weight is 560 g/mol. The molecule has 8 heteroatoms. The van der Waals surface area contributed by atoms with Crippen molar-refractivity contribution in [3.63, 3.8) is 0 Å². The van der Waals surface area contributed by atoms with Gasteiger partial charge in [-0.1, -0.05) is 31.9 Å². The Hall–Kier alpha value is -2.55. The maximum Gasteiger partial charge on any atom is 0.231 e. The maximum absolute atomic E-state index is 10.6. The zero-order chi connectivity index (χ0) is 22.2. The number of methoxy groups -OCH3 is 1. The fourth-order valence-electron chi connectivity index (χ4n) is 4.04. The van der Waals surface area contributed by atoms with Crippen LogP contribution in [-0.4, -0.2) is 24.7 Å². The van der Waals surface area contributed by atoms with Crippen LogP contribution in [0.15, 0.2) is 68.5 Å². The normalized spacial score (nSPS) is 19.5. The minimum Gasteiger partial charge on any atom is -0.508 e. The molecule has 0 aliphatic carbocycles. The molecule has 6 nitrogen and oxygen atoms in total. The second kappa shape index (κ2) is 8.77. The Morgan fingerprint density at radius 3 is 2.53 bits per heavy atom. The molecule has 164 valence electrons. The molecule has 0 saturated heterocycles. The van der Waals surface area contributed by atoms with Crippen LogP contribution < -0.4 is 19.5 Å². The fraction of sp³-hybridized carbons (Fsp3) is 0.208. The summed E-state index contributed by atoms with van der Waals surface area (Å²) in [6.45, 7) is 0.221. The molecule has 2 atom stereocenters. The summed E-state index contributed by atoms with van der Waals surface area (Å²) < 4.78 is 18.5. The molecule has 0 spiro atoms. The highest BCUT2D eigenvalue weighted by Crippen LogP contribution is 2.40. The lowest BCUT2D eigenvalue weighted by Crippen LogP contribution is -2.33. The minimum absolute atomic E-state index is 0.167. The molecule has 32 heavy (non-hydrogen) atoms.